The van der Waals surface area contributed by atoms with Gasteiger partial charge in [-0.15, -0.1) is 0 Å². The number of carboxylic acids is 1. The van der Waals surface area contributed by atoms with E-state index in [2.05, 4.69) is 5.32 Å². The summed E-state index contributed by atoms with van der Waals surface area (Å²) in [5.41, 5.74) is 0. The zero-order chi connectivity index (χ0) is 32.4. The number of aliphatic hydroxyl groups is 11. The monoisotopic (exact) mass is 633 g/mol. The van der Waals surface area contributed by atoms with Crippen LogP contribution in [0.1, 0.15) is 13.3 Å². The van der Waals surface area contributed by atoms with Crippen molar-refractivity contribution in [3.05, 3.63) is 0 Å². The van der Waals surface area contributed by atoms with Crippen molar-refractivity contribution in [1.82, 2.24) is 5.32 Å². The van der Waals surface area contributed by atoms with Gasteiger partial charge in [-0.3, -0.25) is 4.79 Å². The van der Waals surface area contributed by atoms with E-state index < -0.39 is 136 Å². The highest BCUT2D eigenvalue weighted by molar-refractivity contribution is 5.76. The van der Waals surface area contributed by atoms with Gasteiger partial charge in [0.2, 0.25) is 5.91 Å². The highest BCUT2D eigenvalue weighted by Crippen LogP contribution is 2.35. The number of carbonyl (C=O) groups excluding carboxylic acids is 1. The van der Waals surface area contributed by atoms with Crippen molar-refractivity contribution in [1.29, 1.82) is 0 Å². The normalized spacial score (nSPS) is 45.3. The molecule has 13 N–H and O–H groups in total. The van der Waals surface area contributed by atoms with Crippen LogP contribution in [0.25, 0.3) is 0 Å². The van der Waals surface area contributed by atoms with E-state index in [-0.39, 0.29) is 0 Å². The Balaban J connectivity index is 1.82. The summed E-state index contributed by atoms with van der Waals surface area (Å²) in [6, 6.07) is -1.48. The topological polar surface area (TPSA) is 335 Å². The molecule has 3 saturated heterocycles. The molecule has 3 rings (SSSR count). The number of rotatable bonds is 11. The maximum absolute atomic E-state index is 12.3. The Bertz CT molecular complexity index is 942. The molecule has 16 atom stereocenters. The third kappa shape index (κ3) is 7.58. The zero-order valence-corrected chi connectivity index (χ0v) is 22.7. The average molecular weight is 634 g/mol. The number of carboxylic acid groups (broad SMARTS) is 1. The molecule has 0 radical (unpaired) electrons. The standard InChI is InChI=1S/C23H39NO19/c1-6(27)24-11-7(28)2-23(22(37)38,43-19(11)12(30)8(29)3-25)39-5-10-13(31)14(32)17(35)21(41-10)42-18-9(4-26)40-20(36)16(34)15(18)33/h7-21,25-26,28-36H,2-5H2,1H3,(H,24,27)(H,37,38)/t7-,8?,9+,10?,11?,12+,13-,14-,15+,16+,17+,18?,19+,20?,21-,23+/m0/s1. The minimum Gasteiger partial charge on any atom is -0.477 e. The Hall–Kier alpha value is -1.70. The predicted molar refractivity (Wildman–Crippen MR) is 130 cm³/mol. The first kappa shape index (κ1) is 35.8. The van der Waals surface area contributed by atoms with E-state index in [0.29, 0.717) is 0 Å². The lowest BCUT2D eigenvalue weighted by atomic mass is 9.88. The predicted octanol–water partition coefficient (Wildman–Crippen LogP) is -8.22. The molecule has 20 heteroatoms. The van der Waals surface area contributed by atoms with Crippen molar-refractivity contribution in [3.63, 3.8) is 0 Å². The third-order valence-corrected chi connectivity index (χ3v) is 7.47. The first-order chi connectivity index (χ1) is 20.1. The van der Waals surface area contributed by atoms with Gasteiger partial charge in [0.05, 0.1) is 32.0 Å². The van der Waals surface area contributed by atoms with Crippen molar-refractivity contribution >= 4 is 11.9 Å². The van der Waals surface area contributed by atoms with Crippen LogP contribution in [0.5, 0.6) is 0 Å². The number of hydrogen-bond acceptors (Lipinski definition) is 18. The van der Waals surface area contributed by atoms with Crippen molar-refractivity contribution in [3.8, 4) is 0 Å². The molecule has 0 bridgehead atoms. The van der Waals surface area contributed by atoms with Gasteiger partial charge < -0.3 is 90.3 Å². The lowest BCUT2D eigenvalue weighted by Gasteiger charge is -2.48. The molecule has 5 unspecified atom stereocenters. The summed E-state index contributed by atoms with van der Waals surface area (Å²) in [5.74, 6) is -5.42. The molecule has 0 saturated carbocycles. The van der Waals surface area contributed by atoms with Crippen LogP contribution in [0.4, 0.5) is 0 Å². The van der Waals surface area contributed by atoms with E-state index in [0.717, 1.165) is 6.92 Å². The largest absolute Gasteiger partial charge is 0.477 e. The second-order valence-corrected chi connectivity index (χ2v) is 10.5. The first-order valence-corrected chi connectivity index (χ1v) is 13.2. The van der Waals surface area contributed by atoms with E-state index in [1.165, 1.54) is 0 Å². The molecule has 0 aromatic heterocycles. The van der Waals surface area contributed by atoms with E-state index >= 15 is 0 Å². The highest BCUT2D eigenvalue weighted by Gasteiger charge is 2.57. The van der Waals surface area contributed by atoms with Crippen LogP contribution in [0.15, 0.2) is 0 Å². The fourth-order valence-corrected chi connectivity index (χ4v) is 5.05. The lowest BCUT2D eigenvalue weighted by molar-refractivity contribution is -0.364. The van der Waals surface area contributed by atoms with Gasteiger partial charge in [-0.25, -0.2) is 4.79 Å². The van der Waals surface area contributed by atoms with E-state index in [1.54, 1.807) is 0 Å². The molecule has 1 amide bonds. The van der Waals surface area contributed by atoms with Gasteiger partial charge in [0.1, 0.15) is 67.1 Å². The Morgan fingerprint density at radius 2 is 1.58 bits per heavy atom. The van der Waals surface area contributed by atoms with Gasteiger partial charge in [-0.2, -0.15) is 0 Å². The van der Waals surface area contributed by atoms with Crippen LogP contribution in [-0.2, 0) is 33.3 Å². The zero-order valence-electron chi connectivity index (χ0n) is 22.7. The summed E-state index contributed by atoms with van der Waals surface area (Å²) >= 11 is 0. The Kier molecular flexibility index (Phi) is 12.1. The number of aliphatic carboxylic acids is 1. The fourth-order valence-electron chi connectivity index (χ4n) is 5.05. The summed E-state index contributed by atoms with van der Waals surface area (Å²) in [6.45, 7) is -1.76. The lowest BCUT2D eigenvalue weighted by Crippen LogP contribution is -2.68. The number of aliphatic hydroxyl groups excluding tert-OH is 11. The summed E-state index contributed by atoms with van der Waals surface area (Å²) in [6.07, 6.45) is -27.0. The SMILES string of the molecule is CC(=O)NC1[C@H]([C@H](O)C(O)CO)O[C@@](OCC2O[C@@H](OC3[C@@H](CO)OC(O)[C@H](O)[C@H]3O)[C@H](O)[C@@H](O)[C@H]2O)(C(=O)O)C[C@@H]1O. The van der Waals surface area contributed by atoms with Gasteiger partial charge in [0.15, 0.2) is 12.6 Å². The minimum atomic E-state index is -2.83. The summed E-state index contributed by atoms with van der Waals surface area (Å²) in [7, 11) is 0. The Labute approximate surface area is 243 Å². The van der Waals surface area contributed by atoms with Crippen molar-refractivity contribution in [2.75, 3.05) is 19.8 Å². The van der Waals surface area contributed by atoms with E-state index in [4.69, 9.17) is 23.7 Å². The van der Waals surface area contributed by atoms with Crippen LogP contribution >= 0.6 is 0 Å². The number of ether oxygens (including phenoxy) is 5. The van der Waals surface area contributed by atoms with Gasteiger partial charge in [0, 0.05) is 13.3 Å². The molecule has 250 valence electrons. The molecular weight excluding hydrogens is 594 g/mol. The van der Waals surface area contributed by atoms with Gasteiger partial charge in [0.25, 0.3) is 5.79 Å². The first-order valence-electron chi connectivity index (χ1n) is 13.2. The highest BCUT2D eigenvalue weighted by atomic mass is 16.8. The summed E-state index contributed by atoms with van der Waals surface area (Å²) in [5, 5.41) is 123. The van der Waals surface area contributed by atoms with E-state index in [9.17, 15) is 70.9 Å². The van der Waals surface area contributed by atoms with Crippen LogP contribution < -0.4 is 5.32 Å². The Morgan fingerprint density at radius 1 is 0.930 bits per heavy atom. The summed E-state index contributed by atoms with van der Waals surface area (Å²) < 4.78 is 26.7. The molecule has 0 aliphatic carbocycles. The second-order valence-electron chi connectivity index (χ2n) is 10.5. The molecule has 20 nitrogen and oxygen atoms in total. The van der Waals surface area contributed by atoms with Gasteiger partial charge >= 0.3 is 5.97 Å². The van der Waals surface area contributed by atoms with Crippen molar-refractivity contribution < 1.29 is 94.6 Å². The molecule has 3 aliphatic rings. The maximum Gasteiger partial charge on any atom is 0.364 e. The second kappa shape index (κ2) is 14.6. The molecule has 3 fully saturated rings. The van der Waals surface area contributed by atoms with Crippen molar-refractivity contribution in [2.24, 2.45) is 0 Å². The molecule has 0 spiro atoms. The van der Waals surface area contributed by atoms with Crippen LogP contribution in [0.2, 0.25) is 0 Å². The average Bonchev–Trinajstić information content (AvgIpc) is 2.96. The Morgan fingerprint density at radius 3 is 2.14 bits per heavy atom. The number of carbonyl (C=O) groups is 2. The van der Waals surface area contributed by atoms with Crippen LogP contribution in [0, 0.1) is 0 Å². The van der Waals surface area contributed by atoms with Gasteiger partial charge in [-0.05, 0) is 0 Å². The summed E-state index contributed by atoms with van der Waals surface area (Å²) in [4.78, 5) is 24.0. The molecule has 0 aromatic rings. The molecule has 43 heavy (non-hydrogen) atoms. The molecule has 0 aromatic carbocycles. The smallest absolute Gasteiger partial charge is 0.364 e. The molecule has 3 aliphatic heterocycles. The number of nitrogens with one attached hydrogen (secondary N) is 1. The van der Waals surface area contributed by atoms with Crippen LogP contribution in [0.3, 0.4) is 0 Å². The number of hydrogen-bond donors (Lipinski definition) is 13. The van der Waals surface area contributed by atoms with Gasteiger partial charge in [-0.1, -0.05) is 0 Å². The van der Waals surface area contributed by atoms with Crippen LogP contribution in [-0.4, -0.2) is 191 Å². The number of amides is 1. The van der Waals surface area contributed by atoms with Crippen molar-refractivity contribution in [2.45, 2.75) is 111 Å². The fraction of sp³-hybridized carbons (Fsp3) is 0.913. The molecular formula is C23H39NO19. The molecule has 3 heterocycles. The minimum absolute atomic E-state index is 0.719. The quantitative estimate of drug-likeness (QED) is 0.100. The van der Waals surface area contributed by atoms with E-state index in [1.807, 2.05) is 0 Å². The maximum atomic E-state index is 12.3. The third-order valence-electron chi connectivity index (χ3n) is 7.47.